The predicted molar refractivity (Wildman–Crippen MR) is 162 cm³/mol. The molecule has 4 rings (SSSR count). The second kappa shape index (κ2) is 14.3. The van der Waals surface area contributed by atoms with Gasteiger partial charge in [0.2, 0.25) is 5.91 Å². The Morgan fingerprint density at radius 1 is 1.00 bits per heavy atom. The molecule has 42 heavy (non-hydrogen) atoms. The zero-order valence-corrected chi connectivity index (χ0v) is 25.0. The molecule has 3 aromatic rings. The minimum absolute atomic E-state index is 0.0915. The van der Waals surface area contributed by atoms with Crippen molar-refractivity contribution in [1.82, 2.24) is 4.90 Å². The van der Waals surface area contributed by atoms with Gasteiger partial charge in [-0.25, -0.2) is 4.79 Å². The van der Waals surface area contributed by atoms with Crippen LogP contribution in [0.4, 0.5) is 10.5 Å². The molecule has 0 bridgehead atoms. The molecule has 3 aromatic carbocycles. The van der Waals surface area contributed by atoms with E-state index >= 15 is 0 Å². The minimum Gasteiger partial charge on any atom is -0.493 e. The number of anilines is 1. The zero-order chi connectivity index (χ0) is 30.2. The first-order chi connectivity index (χ1) is 20.2. The largest absolute Gasteiger partial charge is 0.493 e. The molecular formula is C30H26Cl2N2O7S. The van der Waals surface area contributed by atoms with Gasteiger partial charge in [-0.3, -0.25) is 19.3 Å². The number of methoxy groups -OCH3 is 1. The van der Waals surface area contributed by atoms with Gasteiger partial charge in [0.25, 0.3) is 11.1 Å². The fourth-order valence-corrected chi connectivity index (χ4v) is 4.96. The molecule has 0 unspecified atom stereocenters. The third kappa shape index (κ3) is 7.84. The molecule has 1 N–H and O–H groups in total. The first-order valence-corrected chi connectivity index (χ1v) is 14.3. The number of carbonyl (C=O) groups excluding carboxylic acids is 4. The standard InChI is InChI=1S/C30H26Cl2N2O7S/c1-3-12-40-29(37)22-15-21(9-10-23(22)32)33-27(35)16-34-28(36)26(42-30(34)38)14-19-6-11-24(25(13-19)39-2)41-17-18-4-7-20(31)8-5-18/h4-11,13-15H,3,12,16-17H2,1-2H3,(H,33,35)/b26-14+. The Morgan fingerprint density at radius 2 is 1.76 bits per heavy atom. The van der Waals surface area contributed by atoms with E-state index in [0.29, 0.717) is 35.1 Å². The van der Waals surface area contributed by atoms with Crippen molar-refractivity contribution < 1.29 is 33.4 Å². The van der Waals surface area contributed by atoms with E-state index in [9.17, 15) is 19.2 Å². The van der Waals surface area contributed by atoms with Crippen molar-refractivity contribution in [2.45, 2.75) is 20.0 Å². The number of esters is 1. The van der Waals surface area contributed by atoms with E-state index in [1.165, 1.54) is 25.3 Å². The van der Waals surface area contributed by atoms with Gasteiger partial charge in [-0.15, -0.1) is 0 Å². The maximum Gasteiger partial charge on any atom is 0.339 e. The summed E-state index contributed by atoms with van der Waals surface area (Å²) >= 11 is 12.8. The molecule has 1 aliphatic heterocycles. The maximum absolute atomic E-state index is 13.0. The Morgan fingerprint density at radius 3 is 2.48 bits per heavy atom. The molecule has 0 atom stereocenters. The number of carbonyl (C=O) groups is 4. The van der Waals surface area contributed by atoms with Crippen molar-refractivity contribution in [2.75, 3.05) is 25.6 Å². The third-order valence-electron chi connectivity index (χ3n) is 5.88. The van der Waals surface area contributed by atoms with E-state index in [1.807, 2.05) is 19.1 Å². The smallest absolute Gasteiger partial charge is 0.339 e. The molecule has 0 radical (unpaired) electrons. The Balaban J connectivity index is 1.40. The summed E-state index contributed by atoms with van der Waals surface area (Å²) in [4.78, 5) is 51.5. The molecule has 12 heteroatoms. The van der Waals surface area contributed by atoms with E-state index in [1.54, 1.807) is 36.4 Å². The maximum atomic E-state index is 13.0. The summed E-state index contributed by atoms with van der Waals surface area (Å²) in [5.74, 6) is -0.915. The molecule has 0 spiro atoms. The summed E-state index contributed by atoms with van der Waals surface area (Å²) in [6, 6.07) is 16.7. The minimum atomic E-state index is -0.627. The zero-order valence-electron chi connectivity index (χ0n) is 22.6. The molecule has 218 valence electrons. The highest BCUT2D eigenvalue weighted by Crippen LogP contribution is 2.35. The van der Waals surface area contributed by atoms with Gasteiger partial charge in [-0.1, -0.05) is 48.3 Å². The average molecular weight is 630 g/mol. The molecule has 1 saturated heterocycles. The highest BCUT2D eigenvalue weighted by atomic mass is 35.5. The van der Waals surface area contributed by atoms with Crippen LogP contribution in [0.5, 0.6) is 11.5 Å². The Bertz CT molecular complexity index is 1540. The van der Waals surface area contributed by atoms with Crippen LogP contribution >= 0.6 is 35.0 Å². The number of nitrogens with zero attached hydrogens (tertiary/aromatic N) is 1. The van der Waals surface area contributed by atoms with Crippen LogP contribution in [0, 0.1) is 0 Å². The number of ether oxygens (including phenoxy) is 3. The summed E-state index contributed by atoms with van der Waals surface area (Å²) < 4.78 is 16.4. The van der Waals surface area contributed by atoms with Gasteiger partial charge in [0.05, 0.1) is 29.2 Å². The SMILES string of the molecule is CCCOC(=O)c1cc(NC(=O)CN2C(=O)S/C(=C/c3ccc(OCc4ccc(Cl)cc4)c(OC)c3)C2=O)ccc1Cl. The highest BCUT2D eigenvalue weighted by Gasteiger charge is 2.36. The van der Waals surface area contributed by atoms with Crippen molar-refractivity contribution in [2.24, 2.45) is 0 Å². The van der Waals surface area contributed by atoms with Crippen LogP contribution in [0.1, 0.15) is 34.8 Å². The van der Waals surface area contributed by atoms with Gasteiger partial charge >= 0.3 is 5.97 Å². The number of hydrogen-bond acceptors (Lipinski definition) is 8. The second-order valence-electron chi connectivity index (χ2n) is 8.97. The van der Waals surface area contributed by atoms with Crippen LogP contribution in [-0.4, -0.2) is 48.2 Å². The van der Waals surface area contributed by atoms with Gasteiger partial charge in [-0.2, -0.15) is 0 Å². The number of rotatable bonds is 11. The quantitative estimate of drug-likeness (QED) is 0.182. The first-order valence-electron chi connectivity index (χ1n) is 12.8. The summed E-state index contributed by atoms with van der Waals surface area (Å²) in [6.07, 6.45) is 2.19. The summed E-state index contributed by atoms with van der Waals surface area (Å²) in [7, 11) is 1.50. The lowest BCUT2D eigenvalue weighted by atomic mass is 10.1. The van der Waals surface area contributed by atoms with E-state index in [0.717, 1.165) is 22.2 Å². The van der Waals surface area contributed by atoms with Crippen molar-refractivity contribution >= 4 is 69.8 Å². The van der Waals surface area contributed by atoms with Crippen molar-refractivity contribution in [3.8, 4) is 11.5 Å². The fraction of sp³-hybridized carbons (Fsp3) is 0.200. The van der Waals surface area contributed by atoms with Crippen LogP contribution in [0.15, 0.2) is 65.6 Å². The number of imide groups is 1. The van der Waals surface area contributed by atoms with Gasteiger partial charge in [0.15, 0.2) is 11.5 Å². The highest BCUT2D eigenvalue weighted by molar-refractivity contribution is 8.18. The van der Waals surface area contributed by atoms with Gasteiger partial charge in [-0.05, 0) is 77.9 Å². The molecule has 1 heterocycles. The van der Waals surface area contributed by atoms with Gasteiger partial charge in [0.1, 0.15) is 13.2 Å². The average Bonchev–Trinajstić information content (AvgIpc) is 3.23. The lowest BCUT2D eigenvalue weighted by molar-refractivity contribution is -0.127. The molecular weight excluding hydrogens is 603 g/mol. The summed E-state index contributed by atoms with van der Waals surface area (Å²) in [6.45, 7) is 1.88. The van der Waals surface area contributed by atoms with Crippen LogP contribution in [0.3, 0.4) is 0 Å². The summed E-state index contributed by atoms with van der Waals surface area (Å²) in [5, 5.41) is 2.80. The first kappa shape index (κ1) is 31.0. The van der Waals surface area contributed by atoms with Crippen LogP contribution < -0.4 is 14.8 Å². The number of hydrogen-bond donors (Lipinski definition) is 1. The van der Waals surface area contributed by atoms with Gasteiger partial charge in [0, 0.05) is 10.7 Å². The molecule has 1 fully saturated rings. The van der Waals surface area contributed by atoms with Gasteiger partial charge < -0.3 is 19.5 Å². The Kier molecular flexibility index (Phi) is 10.5. The molecule has 0 aromatic heterocycles. The van der Waals surface area contributed by atoms with Crippen molar-refractivity contribution in [3.05, 3.63) is 92.3 Å². The van der Waals surface area contributed by atoms with Crippen LogP contribution in [0.25, 0.3) is 6.08 Å². The number of halogens is 2. The predicted octanol–water partition coefficient (Wildman–Crippen LogP) is 6.82. The Labute approximate surface area is 256 Å². The second-order valence-corrected chi connectivity index (χ2v) is 10.8. The van der Waals surface area contributed by atoms with Crippen LogP contribution in [-0.2, 0) is 20.9 Å². The molecule has 3 amide bonds. The monoisotopic (exact) mass is 628 g/mol. The summed E-state index contributed by atoms with van der Waals surface area (Å²) in [5.41, 5.74) is 1.88. The van der Waals surface area contributed by atoms with E-state index in [4.69, 9.17) is 37.4 Å². The number of amides is 3. The van der Waals surface area contributed by atoms with E-state index in [-0.39, 0.29) is 27.8 Å². The topological polar surface area (TPSA) is 111 Å². The molecule has 9 nitrogen and oxygen atoms in total. The van der Waals surface area contributed by atoms with E-state index in [2.05, 4.69) is 5.32 Å². The lowest BCUT2D eigenvalue weighted by Crippen LogP contribution is -2.36. The normalized spacial score (nSPS) is 13.8. The number of nitrogens with one attached hydrogen (secondary N) is 1. The third-order valence-corrected chi connectivity index (χ3v) is 7.36. The number of thioether (sulfide) groups is 1. The molecule has 0 aliphatic carbocycles. The Hall–Kier alpha value is -3.99. The van der Waals surface area contributed by atoms with Crippen molar-refractivity contribution in [3.63, 3.8) is 0 Å². The van der Waals surface area contributed by atoms with E-state index < -0.39 is 29.6 Å². The van der Waals surface area contributed by atoms with Crippen molar-refractivity contribution in [1.29, 1.82) is 0 Å². The molecule has 0 saturated carbocycles. The lowest BCUT2D eigenvalue weighted by Gasteiger charge is -2.13. The number of benzene rings is 3. The van der Waals surface area contributed by atoms with Crippen LogP contribution in [0.2, 0.25) is 10.0 Å². The molecule has 1 aliphatic rings. The fourth-order valence-electron chi connectivity index (χ4n) is 3.80.